The number of rotatable bonds is 11. The van der Waals surface area contributed by atoms with Crippen LogP contribution in [0.5, 0.6) is 11.6 Å². The Kier molecular flexibility index (Phi) is 7.45. The molecule has 0 saturated carbocycles. The Morgan fingerprint density at radius 2 is 2.00 bits per heavy atom. The number of pyridine rings is 2. The Balaban J connectivity index is 1.55. The van der Waals surface area contributed by atoms with Crippen LogP contribution in [0.2, 0.25) is 0 Å². The Morgan fingerprint density at radius 3 is 2.77 bits per heavy atom. The van der Waals surface area contributed by atoms with Gasteiger partial charge in [-0.25, -0.2) is 4.98 Å². The van der Waals surface area contributed by atoms with Crippen LogP contribution in [-0.2, 0) is 17.6 Å². The van der Waals surface area contributed by atoms with Crippen LogP contribution in [-0.4, -0.2) is 68.0 Å². The number of hydrogen-bond donors (Lipinski definition) is 1. The maximum Gasteiger partial charge on any atom is 0.257 e. The highest BCUT2D eigenvalue weighted by Gasteiger charge is 2.26. The normalized spacial score (nSPS) is 18.5. The third kappa shape index (κ3) is 5.21. The molecule has 4 rings (SSSR count). The van der Waals surface area contributed by atoms with E-state index in [1.54, 1.807) is 7.11 Å². The summed E-state index contributed by atoms with van der Waals surface area (Å²) >= 11 is 0. The van der Waals surface area contributed by atoms with E-state index in [9.17, 15) is 0 Å². The highest BCUT2D eigenvalue weighted by atomic mass is 16.5. The molecule has 1 N–H and O–H groups in total. The SMILES string of the molecule is CCOCCNc1c2c(nc3cc(OCCCN4CCCC4)c(OC)nc13)CC(C)C2. The van der Waals surface area contributed by atoms with E-state index in [4.69, 9.17) is 24.2 Å². The number of likely N-dealkylation sites (tertiary alicyclic amines) is 1. The Bertz CT molecular complexity index is 883. The molecule has 2 aliphatic rings. The van der Waals surface area contributed by atoms with Crippen molar-refractivity contribution < 1.29 is 14.2 Å². The summed E-state index contributed by atoms with van der Waals surface area (Å²) in [5.74, 6) is 1.79. The molecule has 1 unspecified atom stereocenters. The molecule has 1 saturated heterocycles. The lowest BCUT2D eigenvalue weighted by Gasteiger charge is -2.17. The van der Waals surface area contributed by atoms with Crippen LogP contribution in [0.15, 0.2) is 6.07 Å². The molecule has 0 radical (unpaired) electrons. The molecule has 1 aliphatic carbocycles. The van der Waals surface area contributed by atoms with Crippen LogP contribution < -0.4 is 14.8 Å². The van der Waals surface area contributed by atoms with Gasteiger partial charge >= 0.3 is 0 Å². The molecule has 2 aromatic heterocycles. The van der Waals surface area contributed by atoms with Gasteiger partial charge in [0.2, 0.25) is 0 Å². The quantitative estimate of drug-likeness (QED) is 0.548. The van der Waals surface area contributed by atoms with E-state index in [1.807, 2.05) is 13.0 Å². The zero-order valence-electron chi connectivity index (χ0n) is 19.2. The molecule has 0 bridgehead atoms. The fourth-order valence-electron chi connectivity index (χ4n) is 4.69. The molecule has 1 aliphatic heterocycles. The van der Waals surface area contributed by atoms with Crippen LogP contribution in [0.25, 0.3) is 11.0 Å². The van der Waals surface area contributed by atoms with Crippen molar-refractivity contribution in [2.24, 2.45) is 5.92 Å². The van der Waals surface area contributed by atoms with E-state index < -0.39 is 0 Å². The van der Waals surface area contributed by atoms with E-state index >= 15 is 0 Å². The fourth-order valence-corrected chi connectivity index (χ4v) is 4.69. The highest BCUT2D eigenvalue weighted by Crippen LogP contribution is 2.38. The number of methoxy groups -OCH3 is 1. The van der Waals surface area contributed by atoms with E-state index in [1.165, 1.54) is 37.2 Å². The number of hydrogen-bond acceptors (Lipinski definition) is 7. The monoisotopic (exact) mass is 428 g/mol. The fraction of sp³-hybridized carbons (Fsp3) is 0.667. The maximum absolute atomic E-state index is 6.09. The number of aromatic nitrogens is 2. The Hall–Kier alpha value is -2.12. The van der Waals surface area contributed by atoms with Crippen LogP contribution in [0.4, 0.5) is 5.69 Å². The molecule has 0 amide bonds. The molecule has 2 aromatic rings. The molecule has 0 aromatic carbocycles. The highest BCUT2D eigenvalue weighted by molar-refractivity contribution is 5.91. The van der Waals surface area contributed by atoms with Crippen LogP contribution >= 0.6 is 0 Å². The molecule has 170 valence electrons. The van der Waals surface area contributed by atoms with Crippen LogP contribution in [0.3, 0.4) is 0 Å². The van der Waals surface area contributed by atoms with E-state index in [-0.39, 0.29) is 0 Å². The average Bonchev–Trinajstić information content (AvgIpc) is 3.41. The van der Waals surface area contributed by atoms with Crippen molar-refractivity contribution in [2.45, 2.75) is 46.0 Å². The van der Waals surface area contributed by atoms with Crippen molar-refractivity contribution in [1.29, 1.82) is 0 Å². The van der Waals surface area contributed by atoms with Crippen molar-refractivity contribution in [3.05, 3.63) is 17.3 Å². The Labute approximate surface area is 185 Å². The van der Waals surface area contributed by atoms with Gasteiger partial charge in [0, 0.05) is 31.5 Å². The maximum atomic E-state index is 6.09. The summed E-state index contributed by atoms with van der Waals surface area (Å²) in [5.41, 5.74) is 5.24. The third-order valence-corrected chi connectivity index (χ3v) is 6.19. The largest absolute Gasteiger partial charge is 0.488 e. The first kappa shape index (κ1) is 22.1. The van der Waals surface area contributed by atoms with Crippen molar-refractivity contribution in [2.75, 3.05) is 58.4 Å². The summed E-state index contributed by atoms with van der Waals surface area (Å²) in [5, 5.41) is 3.57. The summed E-state index contributed by atoms with van der Waals surface area (Å²) in [7, 11) is 1.65. The van der Waals surface area contributed by atoms with Gasteiger partial charge in [-0.15, -0.1) is 0 Å². The van der Waals surface area contributed by atoms with Gasteiger partial charge in [-0.2, -0.15) is 0 Å². The second kappa shape index (κ2) is 10.5. The van der Waals surface area contributed by atoms with Crippen molar-refractivity contribution >= 4 is 16.7 Å². The smallest absolute Gasteiger partial charge is 0.257 e. The molecular formula is C24H36N4O3. The van der Waals surface area contributed by atoms with Gasteiger partial charge in [0.25, 0.3) is 5.88 Å². The molecule has 1 fully saturated rings. The first-order valence-corrected chi connectivity index (χ1v) is 11.8. The Morgan fingerprint density at radius 1 is 1.16 bits per heavy atom. The molecule has 7 nitrogen and oxygen atoms in total. The van der Waals surface area contributed by atoms with Crippen molar-refractivity contribution in [1.82, 2.24) is 14.9 Å². The van der Waals surface area contributed by atoms with Crippen molar-refractivity contribution in [3.8, 4) is 11.6 Å². The van der Waals surface area contributed by atoms with Gasteiger partial charge in [0.05, 0.1) is 31.5 Å². The molecule has 3 heterocycles. The lowest BCUT2D eigenvalue weighted by atomic mass is 10.1. The topological polar surface area (TPSA) is 68.7 Å². The predicted molar refractivity (Wildman–Crippen MR) is 123 cm³/mol. The molecular weight excluding hydrogens is 392 g/mol. The van der Waals surface area contributed by atoms with E-state index in [2.05, 4.69) is 17.1 Å². The van der Waals surface area contributed by atoms with E-state index in [0.29, 0.717) is 30.8 Å². The van der Waals surface area contributed by atoms with E-state index in [0.717, 1.165) is 55.7 Å². The number of anilines is 1. The summed E-state index contributed by atoms with van der Waals surface area (Å²) in [6.45, 7) is 10.6. The van der Waals surface area contributed by atoms with Gasteiger partial charge in [0.1, 0.15) is 5.52 Å². The minimum absolute atomic E-state index is 0.523. The first-order valence-electron chi connectivity index (χ1n) is 11.8. The zero-order valence-corrected chi connectivity index (χ0v) is 19.2. The average molecular weight is 429 g/mol. The second-order valence-electron chi connectivity index (χ2n) is 8.66. The number of nitrogens with zero attached hydrogens (tertiary/aromatic N) is 3. The third-order valence-electron chi connectivity index (χ3n) is 6.19. The summed E-state index contributed by atoms with van der Waals surface area (Å²) in [4.78, 5) is 12.3. The minimum Gasteiger partial charge on any atom is -0.488 e. The van der Waals surface area contributed by atoms with Gasteiger partial charge < -0.3 is 24.4 Å². The summed E-state index contributed by atoms with van der Waals surface area (Å²) in [6.07, 6.45) is 5.66. The number of ether oxygens (including phenoxy) is 3. The predicted octanol–water partition coefficient (Wildman–Crippen LogP) is 3.69. The number of fused-ring (bicyclic) bond motifs is 2. The molecule has 31 heavy (non-hydrogen) atoms. The minimum atomic E-state index is 0.523. The molecule has 0 spiro atoms. The van der Waals surface area contributed by atoms with Crippen LogP contribution in [0.1, 0.15) is 44.4 Å². The molecule has 1 atom stereocenters. The van der Waals surface area contributed by atoms with Crippen molar-refractivity contribution in [3.63, 3.8) is 0 Å². The summed E-state index contributed by atoms with van der Waals surface area (Å²) < 4.78 is 17.2. The lowest BCUT2D eigenvalue weighted by Crippen LogP contribution is -2.22. The second-order valence-corrected chi connectivity index (χ2v) is 8.66. The lowest BCUT2D eigenvalue weighted by molar-refractivity contribution is 0.158. The standard InChI is InChI=1S/C24H36N4O3/c1-4-30-13-8-25-22-18-14-17(2)15-19(18)26-20-16-21(24(29-3)27-23(20)22)31-12-7-11-28-9-5-6-10-28/h16-17H,4-15H2,1-3H3,(H,25,26). The van der Waals surface area contributed by atoms with Gasteiger partial charge in [-0.3, -0.25) is 4.98 Å². The number of nitrogens with one attached hydrogen (secondary N) is 1. The van der Waals surface area contributed by atoms with Crippen LogP contribution in [0, 0.1) is 5.92 Å². The molecule has 7 heteroatoms. The summed E-state index contributed by atoms with van der Waals surface area (Å²) in [6, 6.07) is 1.99. The zero-order chi connectivity index (χ0) is 21.6. The van der Waals surface area contributed by atoms with Gasteiger partial charge in [0.15, 0.2) is 5.75 Å². The van der Waals surface area contributed by atoms with Gasteiger partial charge in [-0.05, 0) is 63.6 Å². The van der Waals surface area contributed by atoms with Gasteiger partial charge in [-0.1, -0.05) is 6.92 Å². The first-order chi connectivity index (χ1) is 15.2.